The number of nitrogens with zero attached hydrogens (tertiary/aromatic N) is 4. The van der Waals surface area contributed by atoms with Crippen molar-refractivity contribution in [2.75, 3.05) is 0 Å². The van der Waals surface area contributed by atoms with Crippen LogP contribution in [-0.2, 0) is 4.79 Å². The molecule has 0 spiro atoms. The molecule has 186 valence electrons. The highest BCUT2D eigenvalue weighted by molar-refractivity contribution is 5.70. The van der Waals surface area contributed by atoms with E-state index in [1.807, 2.05) is 62.9 Å². The van der Waals surface area contributed by atoms with Crippen LogP contribution in [0.5, 0.6) is 0 Å². The van der Waals surface area contributed by atoms with Crippen molar-refractivity contribution in [3.63, 3.8) is 0 Å². The van der Waals surface area contributed by atoms with Crippen LogP contribution in [-0.4, -0.2) is 43.0 Å². The Morgan fingerprint density at radius 2 is 2.09 bits per heavy atom. The molecule has 8 nitrogen and oxygen atoms in total. The summed E-state index contributed by atoms with van der Waals surface area (Å²) in [5.41, 5.74) is 1.57. The minimum Gasteiger partial charge on any atom is -0.389 e. The number of hydrogen-bond donors (Lipinski definition) is 2. The second-order valence-electron chi connectivity index (χ2n) is 9.56. The van der Waals surface area contributed by atoms with Gasteiger partial charge in [0.25, 0.3) is 0 Å². The molecule has 0 saturated heterocycles. The van der Waals surface area contributed by atoms with Crippen molar-refractivity contribution in [2.45, 2.75) is 58.7 Å². The number of aromatic nitrogens is 4. The number of nitrogens with one attached hydrogen (secondary N) is 1. The third-order valence-electron chi connectivity index (χ3n) is 6.23. The molecule has 2 aliphatic rings. The van der Waals surface area contributed by atoms with Crippen molar-refractivity contribution < 1.29 is 18.8 Å². The van der Waals surface area contributed by atoms with Crippen LogP contribution in [0.3, 0.4) is 0 Å². The first-order valence-corrected chi connectivity index (χ1v) is 11.3. The highest BCUT2D eigenvalue weighted by Gasteiger charge is 2.43. The molecule has 0 radical (unpaired) electrons. The molecule has 35 heavy (non-hydrogen) atoms. The summed E-state index contributed by atoms with van der Waals surface area (Å²) in [4.78, 5) is 18.9. The molecule has 4 rings (SSSR count). The average molecular weight is 482 g/mol. The van der Waals surface area contributed by atoms with E-state index >= 15 is 0 Å². The quantitative estimate of drug-likeness (QED) is 0.443. The van der Waals surface area contributed by atoms with Crippen molar-refractivity contribution in [1.29, 1.82) is 0 Å². The lowest BCUT2D eigenvalue weighted by Crippen LogP contribution is -2.37. The molecule has 9 heteroatoms. The van der Waals surface area contributed by atoms with Crippen LogP contribution in [0.2, 0.25) is 0 Å². The number of aryl methyl sites for hydroxylation is 1. The Bertz CT molecular complexity index is 1210. The van der Waals surface area contributed by atoms with Gasteiger partial charge in [0, 0.05) is 34.8 Å². The van der Waals surface area contributed by atoms with Crippen LogP contribution in [0.4, 0.5) is 4.39 Å². The van der Waals surface area contributed by atoms with Gasteiger partial charge in [-0.05, 0) is 58.8 Å². The summed E-state index contributed by atoms with van der Waals surface area (Å²) in [5, 5.41) is 16.4. The average Bonchev–Trinajstić information content (AvgIpc) is 3.20. The van der Waals surface area contributed by atoms with E-state index in [-0.39, 0.29) is 23.0 Å². The van der Waals surface area contributed by atoms with Gasteiger partial charge in [-0.25, -0.2) is 9.37 Å². The molecule has 2 aromatic rings. The predicted molar refractivity (Wildman–Crippen MR) is 133 cm³/mol. The fourth-order valence-electron chi connectivity index (χ4n) is 3.25. The van der Waals surface area contributed by atoms with Gasteiger partial charge in [-0.3, -0.25) is 4.79 Å². The van der Waals surface area contributed by atoms with Crippen molar-refractivity contribution in [3.05, 3.63) is 72.1 Å². The van der Waals surface area contributed by atoms with Crippen molar-refractivity contribution in [2.24, 2.45) is 5.41 Å². The van der Waals surface area contributed by atoms with Gasteiger partial charge in [-0.1, -0.05) is 30.5 Å². The number of rotatable bonds is 7. The maximum Gasteiger partial charge on any atom is 0.233 e. The highest BCUT2D eigenvalue weighted by Crippen LogP contribution is 2.42. The number of halogens is 1. The normalized spacial score (nSPS) is 23.0. The first kappa shape index (κ1) is 26.0. The Morgan fingerprint density at radius 1 is 1.40 bits per heavy atom. The summed E-state index contributed by atoms with van der Waals surface area (Å²) in [6.07, 6.45) is 11.5. The second kappa shape index (κ2) is 9.95. The molecule has 3 unspecified atom stereocenters. The predicted octanol–water partition coefficient (Wildman–Crippen LogP) is 4.58. The van der Waals surface area contributed by atoms with Crippen molar-refractivity contribution in [1.82, 2.24) is 25.0 Å². The van der Waals surface area contributed by atoms with Crippen LogP contribution < -0.4 is 5.32 Å². The van der Waals surface area contributed by atoms with Gasteiger partial charge < -0.3 is 19.5 Å². The zero-order valence-electron chi connectivity index (χ0n) is 20.7. The molecule has 1 amide bonds. The van der Waals surface area contributed by atoms with Crippen LogP contribution in [0.15, 0.2) is 53.4 Å². The number of carbonyl (C=O) groups excluding carboxylic acids is 1. The van der Waals surface area contributed by atoms with E-state index in [0.29, 0.717) is 29.7 Å². The first-order chi connectivity index (χ1) is 16.4. The monoisotopic (exact) mass is 481 g/mol. The van der Waals surface area contributed by atoms with Gasteiger partial charge in [-0.15, -0.1) is 0 Å². The first-order valence-electron chi connectivity index (χ1n) is 11.3. The molecular formula is C26H32FN5O3. The Balaban J connectivity index is 0.000000198. The summed E-state index contributed by atoms with van der Waals surface area (Å²) < 4.78 is 19.9. The van der Waals surface area contributed by atoms with Crippen LogP contribution >= 0.6 is 0 Å². The van der Waals surface area contributed by atoms with Crippen molar-refractivity contribution >= 4 is 24.3 Å². The molecule has 1 aliphatic heterocycles. The van der Waals surface area contributed by atoms with Gasteiger partial charge in [0.15, 0.2) is 0 Å². The Kier molecular flexibility index (Phi) is 7.40. The molecule has 3 atom stereocenters. The molecule has 0 bridgehead atoms. The maximum atomic E-state index is 12.9. The summed E-state index contributed by atoms with van der Waals surface area (Å²) in [6, 6.07) is 0. The summed E-state index contributed by atoms with van der Waals surface area (Å²) in [7, 11) is 0. The number of fused-ring (bicyclic) bond motifs is 1. The summed E-state index contributed by atoms with van der Waals surface area (Å²) in [6.45, 7) is 16.9. The van der Waals surface area contributed by atoms with Crippen LogP contribution in [0.25, 0.3) is 17.8 Å². The van der Waals surface area contributed by atoms with E-state index in [1.165, 1.54) is 0 Å². The van der Waals surface area contributed by atoms with Gasteiger partial charge in [0.2, 0.25) is 18.1 Å². The molecular weight excluding hydrogens is 449 g/mol. The molecule has 3 heterocycles. The third kappa shape index (κ3) is 5.92. The van der Waals surface area contributed by atoms with Gasteiger partial charge in [0.05, 0.1) is 11.5 Å². The summed E-state index contributed by atoms with van der Waals surface area (Å²) >= 11 is 0. The lowest BCUT2D eigenvalue weighted by Gasteiger charge is -2.35. The molecule has 1 saturated carbocycles. The lowest BCUT2D eigenvalue weighted by atomic mass is 9.75. The maximum absolute atomic E-state index is 12.9. The zero-order chi connectivity index (χ0) is 26.0. The smallest absolute Gasteiger partial charge is 0.233 e. The third-order valence-corrected chi connectivity index (χ3v) is 6.23. The zero-order valence-corrected chi connectivity index (χ0v) is 20.7. The van der Waals surface area contributed by atoms with Gasteiger partial charge >= 0.3 is 0 Å². The fourth-order valence-corrected chi connectivity index (χ4v) is 3.25. The highest BCUT2D eigenvalue weighted by atomic mass is 19.1. The number of amides is 1. The lowest BCUT2D eigenvalue weighted by molar-refractivity contribution is -0.108. The number of alkyl halides is 1. The van der Waals surface area contributed by atoms with E-state index in [1.54, 1.807) is 13.0 Å². The SMILES string of the molecule is C=C(C)/C(=C\C(=C)c1noc(C2CC2F)n1)NC=O.Cc1cnc2n1C=CC(C)(C(C)(C)O)C=C2. The topological polar surface area (TPSA) is 106 Å². The van der Waals surface area contributed by atoms with E-state index in [2.05, 4.69) is 33.6 Å². The van der Waals surface area contributed by atoms with Gasteiger partial charge in [0.1, 0.15) is 12.0 Å². The Labute approximate surface area is 204 Å². The number of allylic oxidation sites excluding steroid dienone is 3. The second-order valence-corrected chi connectivity index (χ2v) is 9.56. The fraction of sp³-hybridized carbons (Fsp3) is 0.385. The van der Waals surface area contributed by atoms with Crippen molar-refractivity contribution in [3.8, 4) is 0 Å². The molecule has 2 N–H and O–H groups in total. The standard InChI is InChI=1S/C13H14FN3O2.C13H18N2O/c1-7(2)11(15-6-18)4-8(3)12-16-13(19-17-12)9-5-10(9)14;1-10-9-14-11-5-6-13(4,12(2,3)16)7-8-15(10)11/h4,6,9-10H,1,3,5H2,2H3,(H,15,18);5-9,16H,1-4H3/b11-4+;. The Hall–Kier alpha value is -3.59. The number of carbonyl (C=O) groups is 1. The summed E-state index contributed by atoms with van der Waals surface area (Å²) in [5.74, 6) is 1.19. The largest absolute Gasteiger partial charge is 0.389 e. The Morgan fingerprint density at radius 3 is 2.66 bits per heavy atom. The number of aliphatic hydroxyl groups is 1. The molecule has 1 aliphatic carbocycles. The molecule has 0 aromatic carbocycles. The minimum absolute atomic E-state index is 0.278. The molecule has 1 fully saturated rings. The van der Waals surface area contributed by atoms with E-state index in [4.69, 9.17) is 4.52 Å². The van der Waals surface area contributed by atoms with E-state index < -0.39 is 11.8 Å². The number of hydrogen-bond acceptors (Lipinski definition) is 6. The van der Waals surface area contributed by atoms with Crippen LogP contribution in [0, 0.1) is 12.3 Å². The van der Waals surface area contributed by atoms with E-state index in [9.17, 15) is 14.3 Å². The molecule has 2 aromatic heterocycles. The van der Waals surface area contributed by atoms with Crippen LogP contribution in [0.1, 0.15) is 63.3 Å². The van der Waals surface area contributed by atoms with E-state index in [0.717, 1.165) is 11.5 Å². The minimum atomic E-state index is -0.889. The number of imidazole rings is 1. The van der Waals surface area contributed by atoms with Gasteiger partial charge in [-0.2, -0.15) is 4.98 Å².